The van der Waals surface area contributed by atoms with Crippen molar-refractivity contribution in [2.45, 2.75) is 27.7 Å². The Balaban J connectivity index is 0.000000671. The van der Waals surface area contributed by atoms with E-state index in [-0.39, 0.29) is 0 Å². The van der Waals surface area contributed by atoms with Gasteiger partial charge in [0.1, 0.15) is 0 Å². The third-order valence-electron chi connectivity index (χ3n) is 1.42. The Hall–Kier alpha value is -0.690. The standard InChI is InChI=1S/C9H12ClN.C2H6/c1-3-11-9-5-7(2)4-8(10)6-9;1-2/h4-6,11H,3H2,1-2H3;1-2H3. The molecule has 0 saturated heterocycles. The van der Waals surface area contributed by atoms with Gasteiger partial charge in [-0.25, -0.2) is 0 Å². The van der Waals surface area contributed by atoms with Crippen molar-refractivity contribution in [1.29, 1.82) is 0 Å². The molecule has 0 amide bonds. The minimum absolute atomic E-state index is 0.793. The van der Waals surface area contributed by atoms with Gasteiger partial charge in [-0.1, -0.05) is 25.4 Å². The highest BCUT2D eigenvalue weighted by atomic mass is 35.5. The predicted octanol–water partition coefficient (Wildman–Crippen LogP) is 4.11. The van der Waals surface area contributed by atoms with E-state index >= 15 is 0 Å². The maximum absolute atomic E-state index is 5.85. The zero-order valence-electron chi connectivity index (χ0n) is 8.82. The monoisotopic (exact) mass is 199 g/mol. The maximum Gasteiger partial charge on any atom is 0.0429 e. The molecule has 13 heavy (non-hydrogen) atoms. The lowest BCUT2D eigenvalue weighted by Crippen LogP contribution is -1.96. The van der Waals surface area contributed by atoms with Crippen LogP contribution < -0.4 is 5.32 Å². The molecule has 0 atom stereocenters. The molecule has 0 aliphatic carbocycles. The lowest BCUT2D eigenvalue weighted by molar-refractivity contribution is 1.21. The summed E-state index contributed by atoms with van der Waals surface area (Å²) >= 11 is 5.85. The predicted molar refractivity (Wildman–Crippen MR) is 61.7 cm³/mol. The number of hydrogen-bond acceptors (Lipinski definition) is 1. The number of anilines is 1. The Morgan fingerprint density at radius 1 is 1.23 bits per heavy atom. The average molecular weight is 200 g/mol. The highest BCUT2D eigenvalue weighted by molar-refractivity contribution is 6.30. The van der Waals surface area contributed by atoms with Gasteiger partial charge in [-0.2, -0.15) is 0 Å². The molecule has 1 aromatic rings. The molecule has 0 radical (unpaired) electrons. The van der Waals surface area contributed by atoms with E-state index in [1.165, 1.54) is 5.56 Å². The molecule has 2 heteroatoms. The average Bonchev–Trinajstić information content (AvgIpc) is 2.06. The van der Waals surface area contributed by atoms with Crippen LogP contribution in [0.3, 0.4) is 0 Å². The zero-order chi connectivity index (χ0) is 10.3. The van der Waals surface area contributed by atoms with Gasteiger partial charge in [0.05, 0.1) is 0 Å². The Labute approximate surface area is 86.1 Å². The van der Waals surface area contributed by atoms with Crippen molar-refractivity contribution in [1.82, 2.24) is 0 Å². The van der Waals surface area contributed by atoms with Crippen LogP contribution >= 0.6 is 11.6 Å². The number of halogens is 1. The molecule has 0 aromatic heterocycles. The minimum Gasteiger partial charge on any atom is -0.385 e. The van der Waals surface area contributed by atoms with E-state index in [9.17, 15) is 0 Å². The van der Waals surface area contributed by atoms with Gasteiger partial charge in [0.2, 0.25) is 0 Å². The second kappa shape index (κ2) is 6.79. The molecular weight excluding hydrogens is 182 g/mol. The van der Waals surface area contributed by atoms with Crippen LogP contribution in [0.4, 0.5) is 5.69 Å². The molecule has 74 valence electrons. The first-order chi connectivity index (χ1) is 6.22. The van der Waals surface area contributed by atoms with Crippen molar-refractivity contribution in [2.24, 2.45) is 0 Å². The van der Waals surface area contributed by atoms with Gasteiger partial charge < -0.3 is 5.32 Å². The van der Waals surface area contributed by atoms with E-state index in [2.05, 4.69) is 18.3 Å². The number of hydrogen-bond donors (Lipinski definition) is 1. The molecule has 0 unspecified atom stereocenters. The summed E-state index contributed by atoms with van der Waals surface area (Å²) in [5.41, 5.74) is 2.28. The summed E-state index contributed by atoms with van der Waals surface area (Å²) in [5.74, 6) is 0. The van der Waals surface area contributed by atoms with Gasteiger partial charge in [0.25, 0.3) is 0 Å². The quantitative estimate of drug-likeness (QED) is 0.756. The zero-order valence-corrected chi connectivity index (χ0v) is 9.57. The first kappa shape index (κ1) is 12.3. The lowest BCUT2D eigenvalue weighted by atomic mass is 10.2. The number of benzene rings is 1. The molecule has 1 aromatic carbocycles. The Morgan fingerprint density at radius 3 is 2.31 bits per heavy atom. The molecule has 0 aliphatic rings. The Kier molecular flexibility index (Phi) is 6.43. The largest absolute Gasteiger partial charge is 0.385 e. The van der Waals surface area contributed by atoms with Crippen molar-refractivity contribution < 1.29 is 0 Å². The van der Waals surface area contributed by atoms with Crippen molar-refractivity contribution >= 4 is 17.3 Å². The lowest BCUT2D eigenvalue weighted by Gasteiger charge is -2.04. The van der Waals surface area contributed by atoms with Gasteiger partial charge >= 0.3 is 0 Å². The molecule has 1 nitrogen and oxygen atoms in total. The summed E-state index contributed by atoms with van der Waals surface area (Å²) in [5, 5.41) is 4.00. The summed E-state index contributed by atoms with van der Waals surface area (Å²) in [7, 11) is 0. The van der Waals surface area contributed by atoms with Crippen LogP contribution in [0.2, 0.25) is 5.02 Å². The number of aryl methyl sites for hydroxylation is 1. The molecule has 0 spiro atoms. The second-order valence-electron chi connectivity index (χ2n) is 2.55. The molecule has 1 N–H and O–H groups in total. The van der Waals surface area contributed by atoms with Crippen molar-refractivity contribution in [2.75, 3.05) is 11.9 Å². The van der Waals surface area contributed by atoms with E-state index in [4.69, 9.17) is 11.6 Å². The summed E-state index contributed by atoms with van der Waals surface area (Å²) in [6.07, 6.45) is 0. The van der Waals surface area contributed by atoms with Crippen LogP contribution in [0, 0.1) is 6.92 Å². The highest BCUT2D eigenvalue weighted by Gasteiger charge is 1.93. The van der Waals surface area contributed by atoms with Crippen LogP contribution in [-0.2, 0) is 0 Å². The van der Waals surface area contributed by atoms with Crippen LogP contribution in [0.1, 0.15) is 26.3 Å². The Bertz CT molecular complexity index is 226. The van der Waals surface area contributed by atoms with Gasteiger partial charge in [0, 0.05) is 17.3 Å². The summed E-state index contributed by atoms with van der Waals surface area (Å²) in [4.78, 5) is 0. The van der Waals surface area contributed by atoms with Gasteiger partial charge in [-0.3, -0.25) is 0 Å². The smallest absolute Gasteiger partial charge is 0.0429 e. The Morgan fingerprint density at radius 2 is 1.85 bits per heavy atom. The molecule has 0 bridgehead atoms. The fourth-order valence-electron chi connectivity index (χ4n) is 1.04. The van der Waals surface area contributed by atoms with Crippen molar-refractivity contribution in [3.05, 3.63) is 28.8 Å². The van der Waals surface area contributed by atoms with Gasteiger partial charge in [-0.15, -0.1) is 0 Å². The minimum atomic E-state index is 0.793. The summed E-state index contributed by atoms with van der Waals surface area (Å²) in [6, 6.07) is 5.95. The maximum atomic E-state index is 5.85. The van der Waals surface area contributed by atoms with Crippen molar-refractivity contribution in [3.63, 3.8) is 0 Å². The van der Waals surface area contributed by atoms with Gasteiger partial charge in [-0.05, 0) is 37.6 Å². The molecule has 0 heterocycles. The van der Waals surface area contributed by atoms with E-state index in [0.717, 1.165) is 17.3 Å². The van der Waals surface area contributed by atoms with Crippen LogP contribution in [0.25, 0.3) is 0 Å². The molecule has 0 saturated carbocycles. The van der Waals surface area contributed by atoms with E-state index in [1.54, 1.807) is 0 Å². The van der Waals surface area contributed by atoms with Gasteiger partial charge in [0.15, 0.2) is 0 Å². The highest BCUT2D eigenvalue weighted by Crippen LogP contribution is 2.17. The molecule has 0 fully saturated rings. The normalized spacial score (nSPS) is 8.69. The summed E-state index contributed by atoms with van der Waals surface area (Å²) < 4.78 is 0. The third kappa shape index (κ3) is 4.79. The second-order valence-corrected chi connectivity index (χ2v) is 2.98. The van der Waals surface area contributed by atoms with Crippen LogP contribution in [0.5, 0.6) is 0 Å². The molecular formula is C11H18ClN. The van der Waals surface area contributed by atoms with E-state index in [0.29, 0.717) is 0 Å². The molecule has 0 aliphatic heterocycles. The number of nitrogens with one attached hydrogen (secondary N) is 1. The number of rotatable bonds is 2. The molecule has 1 rings (SSSR count). The van der Waals surface area contributed by atoms with Crippen LogP contribution in [0.15, 0.2) is 18.2 Å². The van der Waals surface area contributed by atoms with E-state index in [1.807, 2.05) is 32.9 Å². The third-order valence-corrected chi connectivity index (χ3v) is 1.64. The first-order valence-electron chi connectivity index (χ1n) is 4.73. The summed E-state index contributed by atoms with van der Waals surface area (Å²) in [6.45, 7) is 9.03. The topological polar surface area (TPSA) is 12.0 Å². The van der Waals surface area contributed by atoms with Crippen molar-refractivity contribution in [3.8, 4) is 0 Å². The van der Waals surface area contributed by atoms with E-state index < -0.39 is 0 Å². The first-order valence-corrected chi connectivity index (χ1v) is 5.11. The fourth-order valence-corrected chi connectivity index (χ4v) is 1.33. The van der Waals surface area contributed by atoms with Crippen LogP contribution in [-0.4, -0.2) is 6.54 Å². The SMILES string of the molecule is CC.CCNc1cc(C)cc(Cl)c1. The fraction of sp³-hybridized carbons (Fsp3) is 0.455.